The number of aromatic nitrogens is 2. The number of benzene rings is 2. The van der Waals surface area contributed by atoms with Gasteiger partial charge in [0.25, 0.3) is 22.2 Å². The number of nitrogens with one attached hydrogen (secondary N) is 1. The van der Waals surface area contributed by atoms with Crippen molar-refractivity contribution < 1.29 is 45.7 Å². The molecule has 0 aliphatic carbocycles. The van der Waals surface area contributed by atoms with Crippen LogP contribution in [-0.4, -0.2) is 58.4 Å². The van der Waals surface area contributed by atoms with Crippen LogP contribution in [0.15, 0.2) is 64.8 Å². The predicted molar refractivity (Wildman–Crippen MR) is 163 cm³/mol. The van der Waals surface area contributed by atoms with E-state index in [1.165, 1.54) is 19.1 Å². The fourth-order valence-corrected chi connectivity index (χ4v) is 4.82. The number of alkyl halides is 3. The van der Waals surface area contributed by atoms with Crippen molar-refractivity contribution in [1.82, 2.24) is 19.5 Å². The van der Waals surface area contributed by atoms with Crippen molar-refractivity contribution in [3.05, 3.63) is 71.1 Å². The highest BCUT2D eigenvalue weighted by atomic mass is 32.2. The Bertz CT molecular complexity index is 1730. The van der Waals surface area contributed by atoms with Crippen LogP contribution in [-0.2, 0) is 35.4 Å². The summed E-state index contributed by atoms with van der Waals surface area (Å²) in [6.07, 6.45) is -5.97. The van der Waals surface area contributed by atoms with Gasteiger partial charge in [-0.15, -0.1) is 5.01 Å². The summed E-state index contributed by atoms with van der Waals surface area (Å²) in [6, 6.07) is 12.3. The minimum atomic E-state index is -4.73. The van der Waals surface area contributed by atoms with Gasteiger partial charge in [0, 0.05) is 12.5 Å². The van der Waals surface area contributed by atoms with Crippen molar-refractivity contribution in [2.24, 2.45) is 10.7 Å². The first-order valence-corrected chi connectivity index (χ1v) is 15.7. The molecule has 1 amide bonds. The number of ether oxygens (including phenoxy) is 1. The molecule has 2 aromatic carbocycles. The summed E-state index contributed by atoms with van der Waals surface area (Å²) >= 11 is 0. The number of esters is 1. The molecule has 17 heteroatoms. The maximum atomic E-state index is 13.5. The molecule has 0 aliphatic rings. The quantitative estimate of drug-likeness (QED) is 0.0956. The largest absolute Gasteiger partial charge is 0.569 e. The van der Waals surface area contributed by atoms with Crippen LogP contribution in [0.2, 0.25) is 0 Å². The number of hydrogen-bond donors (Lipinski definition) is 1. The average molecular weight is 683 g/mol. The van der Waals surface area contributed by atoms with Crippen LogP contribution in [0.3, 0.4) is 0 Å². The maximum absolute atomic E-state index is 13.5. The molecular weight excluding hydrogens is 645 g/mol. The number of hydrazine groups is 1. The summed E-state index contributed by atoms with van der Waals surface area (Å²) in [4.78, 5) is 29.3. The third kappa shape index (κ3) is 9.67. The lowest BCUT2D eigenvalue weighted by atomic mass is 9.97. The number of hydrogen-bond acceptors (Lipinski definition) is 9. The van der Waals surface area contributed by atoms with Gasteiger partial charge in [-0.2, -0.15) is 18.3 Å². The highest BCUT2D eigenvalue weighted by Gasteiger charge is 2.36. The molecule has 0 saturated carbocycles. The topological polar surface area (TPSA) is 158 Å². The number of halogens is 3. The van der Waals surface area contributed by atoms with Crippen molar-refractivity contribution in [1.29, 1.82) is 0 Å². The maximum Gasteiger partial charge on any atom is 0.435 e. The van der Waals surface area contributed by atoms with Gasteiger partial charge in [-0.25, -0.2) is 17.8 Å². The van der Waals surface area contributed by atoms with Crippen molar-refractivity contribution >= 4 is 21.9 Å². The van der Waals surface area contributed by atoms with Gasteiger partial charge >= 0.3 is 12.1 Å². The summed E-state index contributed by atoms with van der Waals surface area (Å²) in [5.74, 6) is -1.71. The third-order valence-electron chi connectivity index (χ3n) is 6.41. The Kier molecular flexibility index (Phi) is 10.6. The van der Waals surface area contributed by atoms with Gasteiger partial charge in [-0.1, -0.05) is 29.8 Å². The van der Waals surface area contributed by atoms with Crippen molar-refractivity contribution in [3.63, 3.8) is 0 Å². The number of sulfonamides is 1. The third-order valence-corrected chi connectivity index (χ3v) is 7.80. The second-order valence-electron chi connectivity index (χ2n) is 12.6. The number of carbonyl (C=O) groups excluding carboxylic acids is 2. The van der Waals surface area contributed by atoms with Crippen LogP contribution in [0.25, 0.3) is 16.9 Å². The molecular formula is C30H37F3N6O7S. The number of aryl methyl sites for hydroxylation is 1. The summed E-state index contributed by atoms with van der Waals surface area (Å²) in [5, 5.41) is 20.6. The fraction of sp³-hybridized carbons (Fsp3) is 0.433. The van der Waals surface area contributed by atoms with Crippen LogP contribution in [0, 0.1) is 17.5 Å². The first kappa shape index (κ1) is 36.8. The van der Waals surface area contributed by atoms with Gasteiger partial charge in [0.2, 0.25) is 5.28 Å². The second kappa shape index (κ2) is 13.6. The SMILES string of the molecule is Cc1ccc(-c2cc(C(F)(F)F)nn2-c2ccc(S(=O)(=O)NC(=O)CN(/[N+]([O-])=N/OC(C)OC(=O)C(C)(C)C)C(C)(C)C)cc2)cc1. The Balaban J connectivity index is 1.79. The smallest absolute Gasteiger partial charge is 0.435 e. The molecule has 3 rings (SSSR count). The lowest BCUT2D eigenvalue weighted by molar-refractivity contribution is -0.724. The Morgan fingerprint density at radius 2 is 1.62 bits per heavy atom. The summed E-state index contributed by atoms with van der Waals surface area (Å²) in [5.41, 5.74) is -1.42. The van der Waals surface area contributed by atoms with Crippen molar-refractivity contribution in [2.75, 3.05) is 6.54 Å². The number of rotatable bonds is 10. The lowest BCUT2D eigenvalue weighted by Gasteiger charge is -2.29. The van der Waals surface area contributed by atoms with E-state index in [0.29, 0.717) is 5.56 Å². The highest BCUT2D eigenvalue weighted by molar-refractivity contribution is 7.90. The molecule has 0 fully saturated rings. The Morgan fingerprint density at radius 3 is 2.13 bits per heavy atom. The van der Waals surface area contributed by atoms with E-state index in [4.69, 9.17) is 9.57 Å². The van der Waals surface area contributed by atoms with E-state index in [1.54, 1.807) is 65.8 Å². The summed E-state index contributed by atoms with van der Waals surface area (Å²) in [6.45, 7) is 11.9. The molecule has 0 saturated heterocycles. The number of carbonyl (C=O) groups is 2. The van der Waals surface area contributed by atoms with Gasteiger partial charge in [0.05, 0.1) is 32.2 Å². The molecule has 0 spiro atoms. The van der Waals surface area contributed by atoms with E-state index < -0.39 is 57.6 Å². The van der Waals surface area contributed by atoms with E-state index in [9.17, 15) is 36.4 Å². The van der Waals surface area contributed by atoms with Crippen molar-refractivity contribution in [3.8, 4) is 16.9 Å². The zero-order valence-electron chi connectivity index (χ0n) is 27.1. The molecule has 0 bridgehead atoms. The molecule has 256 valence electrons. The van der Waals surface area contributed by atoms with Gasteiger partial charge in [-0.05, 0) is 78.8 Å². The summed E-state index contributed by atoms with van der Waals surface area (Å²) < 4.78 is 74.7. The monoisotopic (exact) mass is 682 g/mol. The first-order chi connectivity index (χ1) is 21.5. The van der Waals surface area contributed by atoms with E-state index in [2.05, 4.69) is 10.4 Å². The molecule has 13 nitrogen and oxygen atoms in total. The summed E-state index contributed by atoms with van der Waals surface area (Å²) in [7, 11) is -4.49. The first-order valence-electron chi connectivity index (χ1n) is 14.2. The normalized spacial score (nSPS) is 13.6. The molecule has 1 unspecified atom stereocenters. The Morgan fingerprint density at radius 1 is 1.04 bits per heavy atom. The van der Waals surface area contributed by atoms with E-state index in [1.807, 2.05) is 11.6 Å². The second-order valence-corrected chi connectivity index (χ2v) is 14.3. The van der Waals surface area contributed by atoms with E-state index >= 15 is 0 Å². The number of nitrogens with zero attached hydrogens (tertiary/aromatic N) is 5. The zero-order valence-corrected chi connectivity index (χ0v) is 27.9. The standard InChI is InChI=1S/C30H37F3N6O7S/c1-19-9-11-21(12-10-19)24-17-25(30(31,32)33)34-38(24)22-13-15-23(16-14-22)47(43,44)35-26(40)18-37(29(6,7)8)39(42)36-46-20(2)45-27(41)28(3,4)5/h9-17,20H,18H2,1-8H3,(H,35,40)/b39-36-. The molecule has 0 aliphatic heterocycles. The molecule has 1 heterocycles. The zero-order chi connectivity index (χ0) is 35.5. The van der Waals surface area contributed by atoms with E-state index in [-0.39, 0.29) is 21.2 Å². The molecule has 0 radical (unpaired) electrons. The molecule has 1 atom stereocenters. The van der Waals surface area contributed by atoms with Crippen LogP contribution in [0.5, 0.6) is 0 Å². The van der Waals surface area contributed by atoms with Gasteiger partial charge in [0.15, 0.2) is 12.2 Å². The minimum absolute atomic E-state index is 0.0622. The Labute approximate surface area is 270 Å². The van der Waals surface area contributed by atoms with Crippen LogP contribution < -0.4 is 4.72 Å². The van der Waals surface area contributed by atoms with Crippen LogP contribution in [0.4, 0.5) is 13.2 Å². The van der Waals surface area contributed by atoms with Gasteiger partial charge < -0.3 is 9.94 Å². The predicted octanol–water partition coefficient (Wildman–Crippen LogP) is 5.52. The Hall–Kier alpha value is -4.67. The fourth-order valence-electron chi connectivity index (χ4n) is 3.84. The molecule has 1 aromatic heterocycles. The van der Waals surface area contributed by atoms with Gasteiger partial charge in [0.1, 0.15) is 0 Å². The number of amides is 1. The van der Waals surface area contributed by atoms with E-state index in [0.717, 1.165) is 33.5 Å². The minimum Gasteiger partial charge on any atom is -0.569 e. The lowest BCUT2D eigenvalue weighted by Crippen LogP contribution is -2.51. The van der Waals surface area contributed by atoms with Crippen LogP contribution in [0.1, 0.15) is 59.7 Å². The average Bonchev–Trinajstić information content (AvgIpc) is 3.40. The highest BCUT2D eigenvalue weighted by Crippen LogP contribution is 2.33. The molecule has 3 aromatic rings. The van der Waals surface area contributed by atoms with Crippen molar-refractivity contribution in [2.45, 2.75) is 78.3 Å². The molecule has 47 heavy (non-hydrogen) atoms. The molecule has 1 N–H and O–H groups in total. The van der Waals surface area contributed by atoms with Gasteiger partial charge in [-0.3, -0.25) is 14.4 Å². The van der Waals surface area contributed by atoms with Crippen LogP contribution >= 0.6 is 0 Å².